The molecule has 0 aliphatic rings. The van der Waals surface area contributed by atoms with Crippen molar-refractivity contribution in [3.05, 3.63) is 47.9 Å². The molecule has 6 heteroatoms. The molecule has 1 heterocycles. The fourth-order valence-corrected chi connectivity index (χ4v) is 1.74. The van der Waals surface area contributed by atoms with E-state index in [1.54, 1.807) is 18.2 Å². The van der Waals surface area contributed by atoms with E-state index >= 15 is 0 Å². The smallest absolute Gasteiger partial charge is 0.256 e. The topological polar surface area (TPSA) is 71.2 Å². The summed E-state index contributed by atoms with van der Waals surface area (Å²) in [6, 6.07) is 7.65. The zero-order valence-corrected chi connectivity index (χ0v) is 11.2. The minimum absolute atomic E-state index is 0.284. The number of nitrogen functional groups attached to an aromatic ring is 1. The van der Waals surface area contributed by atoms with Crippen molar-refractivity contribution in [3.8, 4) is 0 Å². The lowest BCUT2D eigenvalue weighted by Crippen LogP contribution is -2.15. The third kappa shape index (κ3) is 3.03. The molecule has 0 aliphatic heterocycles. The summed E-state index contributed by atoms with van der Waals surface area (Å²) < 4.78 is 12.7. The number of halogens is 1. The van der Waals surface area contributed by atoms with Crippen LogP contribution >= 0.6 is 0 Å². The van der Waals surface area contributed by atoms with Crippen LogP contribution < -0.4 is 16.0 Å². The van der Waals surface area contributed by atoms with Gasteiger partial charge in [-0.25, -0.2) is 9.37 Å². The van der Waals surface area contributed by atoms with E-state index in [2.05, 4.69) is 10.3 Å². The maximum absolute atomic E-state index is 12.7. The Bertz CT molecular complexity index is 626. The summed E-state index contributed by atoms with van der Waals surface area (Å²) in [6.07, 6.45) is 1.04. The summed E-state index contributed by atoms with van der Waals surface area (Å²) in [4.78, 5) is 17.6. The normalized spacial score (nSPS) is 10.2. The first-order chi connectivity index (χ1) is 9.47. The number of nitrogens with zero attached hydrogens (tertiary/aromatic N) is 2. The molecule has 3 N–H and O–H groups in total. The fraction of sp³-hybridized carbons (Fsp3) is 0.143. The zero-order chi connectivity index (χ0) is 14.7. The van der Waals surface area contributed by atoms with Gasteiger partial charge in [0, 0.05) is 19.7 Å². The van der Waals surface area contributed by atoms with Crippen LogP contribution in [0.2, 0.25) is 0 Å². The monoisotopic (exact) mass is 274 g/mol. The number of benzene rings is 1. The van der Waals surface area contributed by atoms with Crippen molar-refractivity contribution < 1.29 is 9.18 Å². The lowest BCUT2D eigenvalue weighted by atomic mass is 10.1. The van der Waals surface area contributed by atoms with Crippen molar-refractivity contribution in [1.82, 2.24) is 4.98 Å². The Kier molecular flexibility index (Phi) is 3.84. The molecule has 0 atom stereocenters. The molecule has 1 amide bonds. The van der Waals surface area contributed by atoms with E-state index in [1.807, 2.05) is 19.0 Å². The van der Waals surface area contributed by atoms with Gasteiger partial charge in [0.25, 0.3) is 5.91 Å². The van der Waals surface area contributed by atoms with Crippen molar-refractivity contribution in [2.75, 3.05) is 30.0 Å². The number of hydrogen-bond acceptors (Lipinski definition) is 4. The molecule has 0 unspecified atom stereocenters. The van der Waals surface area contributed by atoms with Gasteiger partial charge in [-0.1, -0.05) is 0 Å². The molecule has 0 fully saturated rings. The fourth-order valence-electron chi connectivity index (χ4n) is 1.74. The number of hydrogen-bond donors (Lipinski definition) is 2. The molecular weight excluding hydrogens is 259 g/mol. The summed E-state index contributed by atoms with van der Waals surface area (Å²) in [6.45, 7) is 0. The summed E-state index contributed by atoms with van der Waals surface area (Å²) in [7, 11) is 3.74. The van der Waals surface area contributed by atoms with Gasteiger partial charge >= 0.3 is 0 Å². The van der Waals surface area contributed by atoms with E-state index in [9.17, 15) is 9.18 Å². The molecule has 2 aromatic rings. The second-order valence-corrected chi connectivity index (χ2v) is 4.48. The average molecular weight is 274 g/mol. The van der Waals surface area contributed by atoms with Gasteiger partial charge in [0.1, 0.15) is 11.6 Å². The van der Waals surface area contributed by atoms with Crippen LogP contribution in [0.5, 0.6) is 0 Å². The van der Waals surface area contributed by atoms with E-state index < -0.39 is 5.82 Å². The second-order valence-electron chi connectivity index (χ2n) is 4.48. The van der Waals surface area contributed by atoms with Crippen molar-refractivity contribution in [2.24, 2.45) is 0 Å². The molecule has 0 aliphatic carbocycles. The van der Waals surface area contributed by atoms with E-state index in [0.717, 1.165) is 11.9 Å². The number of rotatable bonds is 3. The van der Waals surface area contributed by atoms with Crippen LogP contribution in [0, 0.1) is 5.82 Å². The van der Waals surface area contributed by atoms with Gasteiger partial charge in [-0.15, -0.1) is 0 Å². The number of nitrogens with two attached hydrogens (primary N) is 1. The van der Waals surface area contributed by atoms with E-state index in [-0.39, 0.29) is 11.7 Å². The van der Waals surface area contributed by atoms with Crippen LogP contribution in [0.15, 0.2) is 36.5 Å². The molecule has 104 valence electrons. The Balaban J connectivity index is 2.17. The first kappa shape index (κ1) is 13.8. The molecule has 0 saturated heterocycles. The van der Waals surface area contributed by atoms with E-state index in [0.29, 0.717) is 11.3 Å². The Morgan fingerprint density at radius 3 is 2.60 bits per heavy atom. The number of amides is 1. The SMILES string of the molecule is CN(C)c1ccc(C(=O)Nc2ccc(F)cn2)cc1N. The predicted octanol–water partition coefficient (Wildman–Crippen LogP) is 2.12. The second kappa shape index (κ2) is 5.56. The maximum atomic E-state index is 12.7. The number of anilines is 3. The summed E-state index contributed by atoms with van der Waals surface area (Å²) >= 11 is 0. The van der Waals surface area contributed by atoms with Gasteiger partial charge in [-0.2, -0.15) is 0 Å². The van der Waals surface area contributed by atoms with Crippen LogP contribution in [0.3, 0.4) is 0 Å². The van der Waals surface area contributed by atoms with Crippen molar-refractivity contribution in [3.63, 3.8) is 0 Å². The summed E-state index contributed by atoms with van der Waals surface area (Å²) in [5, 5.41) is 2.58. The summed E-state index contributed by atoms with van der Waals surface area (Å²) in [5.74, 6) is -0.518. The van der Waals surface area contributed by atoms with Gasteiger partial charge in [-0.3, -0.25) is 4.79 Å². The van der Waals surface area contributed by atoms with Gasteiger partial charge in [-0.05, 0) is 30.3 Å². The van der Waals surface area contributed by atoms with Gasteiger partial charge in [0.2, 0.25) is 0 Å². The van der Waals surface area contributed by atoms with Crippen LogP contribution in [-0.4, -0.2) is 25.0 Å². The maximum Gasteiger partial charge on any atom is 0.256 e. The quantitative estimate of drug-likeness (QED) is 0.841. The van der Waals surface area contributed by atoms with Crippen LogP contribution in [0.4, 0.5) is 21.6 Å². The third-order valence-electron chi connectivity index (χ3n) is 2.74. The van der Waals surface area contributed by atoms with Gasteiger partial charge < -0.3 is 16.0 Å². The molecule has 0 radical (unpaired) electrons. The largest absolute Gasteiger partial charge is 0.397 e. The van der Waals surface area contributed by atoms with Crippen LogP contribution in [0.25, 0.3) is 0 Å². The highest BCUT2D eigenvalue weighted by Gasteiger charge is 2.10. The van der Waals surface area contributed by atoms with Gasteiger partial charge in [0.15, 0.2) is 0 Å². The van der Waals surface area contributed by atoms with Crippen molar-refractivity contribution in [1.29, 1.82) is 0 Å². The van der Waals surface area contributed by atoms with Crippen molar-refractivity contribution in [2.45, 2.75) is 0 Å². The van der Waals surface area contributed by atoms with Gasteiger partial charge in [0.05, 0.1) is 17.6 Å². The molecule has 0 bridgehead atoms. The third-order valence-corrected chi connectivity index (χ3v) is 2.74. The minimum atomic E-state index is -0.456. The number of carbonyl (C=O) groups is 1. The molecule has 5 nitrogen and oxygen atoms in total. The molecule has 1 aromatic heterocycles. The minimum Gasteiger partial charge on any atom is -0.397 e. The summed E-state index contributed by atoms with van der Waals surface area (Å²) in [5.41, 5.74) is 7.65. The zero-order valence-electron chi connectivity index (χ0n) is 11.2. The first-order valence-corrected chi connectivity index (χ1v) is 5.97. The molecule has 0 saturated carbocycles. The Morgan fingerprint density at radius 1 is 1.30 bits per heavy atom. The van der Waals surface area contributed by atoms with E-state index in [4.69, 9.17) is 5.73 Å². The average Bonchev–Trinajstić information content (AvgIpc) is 2.40. The predicted molar refractivity (Wildman–Crippen MR) is 77.3 cm³/mol. The van der Waals surface area contributed by atoms with Crippen molar-refractivity contribution >= 4 is 23.1 Å². The molecule has 1 aromatic carbocycles. The standard InChI is InChI=1S/C14H15FN4O/c1-19(2)12-5-3-9(7-11(12)16)14(20)18-13-6-4-10(15)8-17-13/h3-8H,16H2,1-2H3,(H,17,18,20). The number of aromatic nitrogens is 1. The molecular formula is C14H15FN4O. The lowest BCUT2D eigenvalue weighted by Gasteiger charge is -2.15. The molecule has 2 rings (SSSR count). The number of carbonyl (C=O) groups excluding carboxylic acids is 1. The molecule has 0 spiro atoms. The Labute approximate surface area is 116 Å². The number of nitrogens with one attached hydrogen (secondary N) is 1. The molecule has 20 heavy (non-hydrogen) atoms. The highest BCUT2D eigenvalue weighted by molar-refractivity contribution is 6.04. The highest BCUT2D eigenvalue weighted by atomic mass is 19.1. The van der Waals surface area contributed by atoms with E-state index in [1.165, 1.54) is 12.1 Å². The number of pyridine rings is 1. The Morgan fingerprint density at radius 2 is 2.05 bits per heavy atom. The first-order valence-electron chi connectivity index (χ1n) is 5.97. The Hall–Kier alpha value is -2.63. The lowest BCUT2D eigenvalue weighted by molar-refractivity contribution is 0.102. The van der Waals surface area contributed by atoms with Crippen LogP contribution in [0.1, 0.15) is 10.4 Å². The highest BCUT2D eigenvalue weighted by Crippen LogP contribution is 2.22. The van der Waals surface area contributed by atoms with Crippen LogP contribution in [-0.2, 0) is 0 Å².